The molecule has 1 aliphatic rings. The number of nitrogens with one attached hydrogen (secondary N) is 1. The van der Waals surface area contributed by atoms with E-state index in [2.05, 4.69) is 5.32 Å². The van der Waals surface area contributed by atoms with E-state index in [1.54, 1.807) is 6.08 Å². The van der Waals surface area contributed by atoms with E-state index in [0.717, 1.165) is 12.0 Å². The average molecular weight is 267 g/mol. The first-order valence-electron chi connectivity index (χ1n) is 6.84. The van der Waals surface area contributed by atoms with Crippen LogP contribution in [-0.2, 0) is 9.59 Å². The van der Waals surface area contributed by atoms with Crippen LogP contribution in [0.3, 0.4) is 0 Å². The van der Waals surface area contributed by atoms with Gasteiger partial charge in [-0.25, -0.2) is 0 Å². The maximum Gasteiger partial charge on any atom is 0.307 e. The van der Waals surface area contributed by atoms with Crippen LogP contribution in [0.4, 0.5) is 0 Å². The first kappa shape index (κ1) is 15.7. The number of hydrogen-bond acceptors (Lipinski definition) is 2. The largest absolute Gasteiger partial charge is 0.481 e. The molecule has 0 aromatic rings. The number of carbonyl (C=O) groups excluding carboxylic acids is 1. The van der Waals surface area contributed by atoms with Gasteiger partial charge in [0.05, 0.1) is 5.92 Å². The molecule has 4 nitrogen and oxygen atoms in total. The molecule has 0 aromatic carbocycles. The molecule has 3 unspecified atom stereocenters. The molecule has 0 radical (unpaired) electrons. The first-order valence-corrected chi connectivity index (χ1v) is 6.84. The Balaban J connectivity index is 2.78. The van der Waals surface area contributed by atoms with Gasteiger partial charge in [-0.05, 0) is 38.0 Å². The second-order valence-corrected chi connectivity index (χ2v) is 6.41. The Morgan fingerprint density at radius 1 is 1.26 bits per heavy atom. The molecule has 1 rings (SSSR count). The lowest BCUT2D eigenvalue weighted by Gasteiger charge is -2.46. The Kier molecular flexibility index (Phi) is 4.77. The van der Waals surface area contributed by atoms with Crippen molar-refractivity contribution in [2.24, 2.45) is 17.3 Å². The molecule has 1 saturated carbocycles. The molecule has 0 heterocycles. The molecule has 0 bridgehead atoms. The fourth-order valence-electron chi connectivity index (χ4n) is 2.93. The summed E-state index contributed by atoms with van der Waals surface area (Å²) in [7, 11) is 0. The zero-order valence-corrected chi connectivity index (χ0v) is 12.5. The number of aliphatic carboxylic acids is 1. The summed E-state index contributed by atoms with van der Waals surface area (Å²) in [4.78, 5) is 23.1. The summed E-state index contributed by atoms with van der Waals surface area (Å²) in [6.45, 7) is 9.76. The maximum absolute atomic E-state index is 11.8. The molecular formula is C15H25NO3. The highest BCUT2D eigenvalue weighted by molar-refractivity contribution is 5.88. The van der Waals surface area contributed by atoms with Gasteiger partial charge in [-0.15, -0.1) is 0 Å². The molecule has 1 aliphatic carbocycles. The number of amides is 1. The highest BCUT2D eigenvalue weighted by atomic mass is 16.4. The van der Waals surface area contributed by atoms with Gasteiger partial charge >= 0.3 is 5.97 Å². The number of carboxylic acid groups (broad SMARTS) is 1. The van der Waals surface area contributed by atoms with Gasteiger partial charge in [0.15, 0.2) is 0 Å². The Hall–Kier alpha value is -1.32. The molecule has 4 heteroatoms. The second kappa shape index (κ2) is 5.76. The van der Waals surface area contributed by atoms with Gasteiger partial charge in [-0.1, -0.05) is 26.3 Å². The van der Waals surface area contributed by atoms with Crippen molar-refractivity contribution in [3.05, 3.63) is 11.6 Å². The maximum atomic E-state index is 11.8. The third-order valence-corrected chi connectivity index (χ3v) is 4.49. The van der Waals surface area contributed by atoms with Crippen molar-refractivity contribution >= 4 is 11.9 Å². The molecule has 1 amide bonds. The number of carboxylic acids is 1. The van der Waals surface area contributed by atoms with E-state index in [-0.39, 0.29) is 29.2 Å². The van der Waals surface area contributed by atoms with Crippen LogP contribution in [0.2, 0.25) is 0 Å². The van der Waals surface area contributed by atoms with Crippen molar-refractivity contribution in [1.82, 2.24) is 5.32 Å². The number of hydrogen-bond donors (Lipinski definition) is 2. The molecular weight excluding hydrogens is 242 g/mol. The Morgan fingerprint density at radius 2 is 1.84 bits per heavy atom. The SMILES string of the molecule is CC(C)=CC(=O)NC1CCC(C(=O)O)C(C)(C)C1C. The van der Waals surface area contributed by atoms with Crippen LogP contribution in [0.5, 0.6) is 0 Å². The summed E-state index contributed by atoms with van der Waals surface area (Å²) in [5.41, 5.74) is 0.649. The lowest BCUT2D eigenvalue weighted by Crippen LogP contribution is -2.52. The fourth-order valence-corrected chi connectivity index (χ4v) is 2.93. The molecule has 0 spiro atoms. The minimum Gasteiger partial charge on any atom is -0.481 e. The average Bonchev–Trinajstić information content (AvgIpc) is 2.23. The monoisotopic (exact) mass is 267 g/mol. The van der Waals surface area contributed by atoms with Crippen LogP contribution < -0.4 is 5.32 Å². The Morgan fingerprint density at radius 3 is 2.32 bits per heavy atom. The van der Waals surface area contributed by atoms with Gasteiger partial charge in [-0.3, -0.25) is 9.59 Å². The number of carbonyl (C=O) groups is 2. The lowest BCUT2D eigenvalue weighted by atomic mass is 9.61. The summed E-state index contributed by atoms with van der Waals surface area (Å²) in [6.07, 6.45) is 2.93. The Bertz CT molecular complexity index is 394. The van der Waals surface area contributed by atoms with Gasteiger partial charge < -0.3 is 10.4 Å². The normalized spacial score (nSPS) is 29.4. The zero-order chi connectivity index (χ0) is 14.8. The smallest absolute Gasteiger partial charge is 0.307 e. The molecule has 2 N–H and O–H groups in total. The zero-order valence-electron chi connectivity index (χ0n) is 12.5. The minimum absolute atomic E-state index is 0.0497. The van der Waals surface area contributed by atoms with Crippen LogP contribution in [0.15, 0.2) is 11.6 Å². The first-order chi connectivity index (χ1) is 8.66. The number of rotatable bonds is 3. The van der Waals surface area contributed by atoms with Crippen LogP contribution in [0, 0.1) is 17.3 Å². The van der Waals surface area contributed by atoms with Crippen molar-refractivity contribution in [3.8, 4) is 0 Å². The molecule has 1 fully saturated rings. The van der Waals surface area contributed by atoms with Crippen molar-refractivity contribution in [1.29, 1.82) is 0 Å². The quantitative estimate of drug-likeness (QED) is 0.772. The van der Waals surface area contributed by atoms with Crippen molar-refractivity contribution in [2.45, 2.75) is 53.5 Å². The van der Waals surface area contributed by atoms with Crippen LogP contribution in [-0.4, -0.2) is 23.0 Å². The predicted molar refractivity (Wildman–Crippen MR) is 74.7 cm³/mol. The number of allylic oxidation sites excluding steroid dienone is 1. The molecule has 0 saturated heterocycles. The summed E-state index contributed by atoms with van der Waals surface area (Å²) in [6, 6.07) is 0.0497. The van der Waals surface area contributed by atoms with E-state index in [1.807, 2.05) is 34.6 Å². The Labute approximate surface area is 115 Å². The van der Waals surface area contributed by atoms with E-state index in [9.17, 15) is 14.7 Å². The summed E-state index contributed by atoms with van der Waals surface area (Å²) < 4.78 is 0. The lowest BCUT2D eigenvalue weighted by molar-refractivity contribution is -0.150. The van der Waals surface area contributed by atoms with Crippen molar-refractivity contribution < 1.29 is 14.7 Å². The van der Waals surface area contributed by atoms with Gasteiger partial charge in [0.2, 0.25) is 5.91 Å². The molecule has 0 aromatic heterocycles. The molecule has 108 valence electrons. The topological polar surface area (TPSA) is 66.4 Å². The van der Waals surface area contributed by atoms with Gasteiger partial charge in [-0.2, -0.15) is 0 Å². The van der Waals surface area contributed by atoms with Crippen molar-refractivity contribution in [3.63, 3.8) is 0 Å². The minimum atomic E-state index is -0.731. The van der Waals surface area contributed by atoms with E-state index >= 15 is 0 Å². The summed E-state index contributed by atoms with van der Waals surface area (Å²) in [5.74, 6) is -1.01. The van der Waals surface area contributed by atoms with E-state index in [1.165, 1.54) is 0 Å². The standard InChI is InChI=1S/C15H25NO3/c1-9(2)8-13(17)16-12-7-6-11(14(18)19)15(4,5)10(12)3/h8,10-12H,6-7H2,1-5H3,(H,16,17)(H,18,19). The molecule has 19 heavy (non-hydrogen) atoms. The third-order valence-electron chi connectivity index (χ3n) is 4.49. The molecule has 3 atom stereocenters. The van der Waals surface area contributed by atoms with Crippen LogP contribution in [0.1, 0.15) is 47.5 Å². The van der Waals surface area contributed by atoms with Crippen LogP contribution in [0.25, 0.3) is 0 Å². The van der Waals surface area contributed by atoms with Gasteiger partial charge in [0.1, 0.15) is 0 Å². The second-order valence-electron chi connectivity index (χ2n) is 6.41. The fraction of sp³-hybridized carbons (Fsp3) is 0.733. The van der Waals surface area contributed by atoms with E-state index < -0.39 is 5.97 Å². The predicted octanol–water partition coefficient (Wildman–Crippen LogP) is 2.59. The summed E-state index contributed by atoms with van der Waals surface area (Å²) >= 11 is 0. The van der Waals surface area contributed by atoms with E-state index in [4.69, 9.17) is 0 Å². The van der Waals surface area contributed by atoms with Gasteiger partial charge in [0, 0.05) is 12.1 Å². The van der Waals surface area contributed by atoms with E-state index in [0.29, 0.717) is 6.42 Å². The highest BCUT2D eigenvalue weighted by Crippen LogP contribution is 2.45. The summed E-state index contributed by atoms with van der Waals surface area (Å²) in [5, 5.41) is 12.3. The van der Waals surface area contributed by atoms with Crippen molar-refractivity contribution in [2.75, 3.05) is 0 Å². The van der Waals surface area contributed by atoms with Crippen LogP contribution >= 0.6 is 0 Å². The van der Waals surface area contributed by atoms with Gasteiger partial charge in [0.25, 0.3) is 0 Å². The molecule has 0 aliphatic heterocycles. The third kappa shape index (κ3) is 3.58. The highest BCUT2D eigenvalue weighted by Gasteiger charge is 2.46.